The molecule has 1 unspecified atom stereocenters. The molecule has 7 nitrogen and oxygen atoms in total. The second-order valence-electron chi connectivity index (χ2n) is 6.76. The number of anilines is 2. The molecule has 1 aliphatic rings. The minimum absolute atomic E-state index is 0.171. The molecule has 1 fully saturated rings. The number of likely N-dealkylation sites (tertiary alicyclic amines) is 1. The number of piperidine rings is 1. The Morgan fingerprint density at radius 3 is 2.81 bits per heavy atom. The minimum atomic E-state index is -2.85. The van der Waals surface area contributed by atoms with E-state index in [1.807, 2.05) is 24.3 Å². The Balaban J connectivity index is 1.70. The zero-order valence-corrected chi connectivity index (χ0v) is 15.2. The van der Waals surface area contributed by atoms with Crippen LogP contribution in [0.3, 0.4) is 0 Å². The molecule has 0 bridgehead atoms. The Bertz CT molecular complexity index is 942. The van der Waals surface area contributed by atoms with Crippen molar-refractivity contribution in [3.05, 3.63) is 36.7 Å². The Morgan fingerprint density at radius 1 is 1.26 bits per heavy atom. The maximum atomic E-state index is 14.3. The van der Waals surface area contributed by atoms with Crippen LogP contribution in [0.2, 0.25) is 0 Å². The van der Waals surface area contributed by atoms with Crippen molar-refractivity contribution in [3.8, 4) is 11.3 Å². The summed E-state index contributed by atoms with van der Waals surface area (Å²) in [7, 11) is 3.44. The average molecular weight is 373 g/mol. The number of hydrogen-bond acceptors (Lipinski definition) is 6. The van der Waals surface area contributed by atoms with Gasteiger partial charge in [-0.1, -0.05) is 6.07 Å². The SMILES string of the molecule is CNc1nc(NC2CCN(C)CC2(F)F)nn2ccc(-c3ccccn3)c12. The molecule has 0 aliphatic carbocycles. The molecule has 0 aromatic carbocycles. The van der Waals surface area contributed by atoms with Crippen LogP contribution in [0.5, 0.6) is 0 Å². The van der Waals surface area contributed by atoms with Gasteiger partial charge in [0.1, 0.15) is 5.52 Å². The molecular formula is C18H21F2N7. The van der Waals surface area contributed by atoms with E-state index in [2.05, 4.69) is 25.7 Å². The fraction of sp³-hybridized carbons (Fsp3) is 0.389. The van der Waals surface area contributed by atoms with Crippen molar-refractivity contribution in [2.75, 3.05) is 37.8 Å². The number of pyridine rings is 1. The standard InChI is InChI=1S/C18H21F2N7/c1-21-16-15-12(13-5-3-4-8-22-13)6-10-27(15)25-17(24-16)23-14-7-9-26(2)11-18(14,19)20/h3-6,8,10,14H,7,9,11H2,1-2H3,(H2,21,23,24,25). The summed E-state index contributed by atoms with van der Waals surface area (Å²) in [5, 5.41) is 10.3. The number of rotatable bonds is 4. The van der Waals surface area contributed by atoms with E-state index >= 15 is 0 Å². The van der Waals surface area contributed by atoms with Crippen molar-refractivity contribution < 1.29 is 8.78 Å². The molecule has 9 heteroatoms. The van der Waals surface area contributed by atoms with E-state index in [4.69, 9.17) is 0 Å². The van der Waals surface area contributed by atoms with Crippen LogP contribution >= 0.6 is 0 Å². The third kappa shape index (κ3) is 3.30. The first kappa shape index (κ1) is 17.6. The molecular weight excluding hydrogens is 352 g/mol. The normalized spacial score (nSPS) is 19.9. The molecule has 0 radical (unpaired) electrons. The lowest BCUT2D eigenvalue weighted by molar-refractivity contribution is -0.0675. The summed E-state index contributed by atoms with van der Waals surface area (Å²) in [5.74, 6) is -2.13. The number of aromatic nitrogens is 4. The van der Waals surface area contributed by atoms with Gasteiger partial charge >= 0.3 is 0 Å². The molecule has 1 saturated heterocycles. The highest BCUT2D eigenvalue weighted by Gasteiger charge is 2.44. The molecule has 3 aromatic rings. The summed E-state index contributed by atoms with van der Waals surface area (Å²) >= 11 is 0. The second-order valence-corrected chi connectivity index (χ2v) is 6.76. The van der Waals surface area contributed by atoms with Crippen LogP contribution in [-0.2, 0) is 0 Å². The topological polar surface area (TPSA) is 70.4 Å². The molecule has 142 valence electrons. The Labute approximate surface area is 155 Å². The highest BCUT2D eigenvalue weighted by molar-refractivity contribution is 5.87. The van der Waals surface area contributed by atoms with E-state index in [1.165, 1.54) is 0 Å². The number of nitrogens with one attached hydrogen (secondary N) is 2. The summed E-state index contributed by atoms with van der Waals surface area (Å²) in [5.41, 5.74) is 2.41. The minimum Gasteiger partial charge on any atom is -0.371 e. The van der Waals surface area contributed by atoms with E-state index in [-0.39, 0.29) is 12.5 Å². The maximum absolute atomic E-state index is 14.3. The van der Waals surface area contributed by atoms with Crippen LogP contribution in [0.1, 0.15) is 6.42 Å². The van der Waals surface area contributed by atoms with Gasteiger partial charge in [0, 0.05) is 31.5 Å². The third-order valence-electron chi connectivity index (χ3n) is 4.78. The van der Waals surface area contributed by atoms with Gasteiger partial charge in [0.25, 0.3) is 5.92 Å². The fourth-order valence-electron chi connectivity index (χ4n) is 3.43. The molecule has 2 N–H and O–H groups in total. The van der Waals surface area contributed by atoms with E-state index in [0.717, 1.165) is 16.8 Å². The Hall–Kier alpha value is -2.81. The van der Waals surface area contributed by atoms with Crippen LogP contribution in [0.4, 0.5) is 20.5 Å². The van der Waals surface area contributed by atoms with Crippen LogP contribution in [0.25, 0.3) is 16.8 Å². The number of alkyl halides is 2. The van der Waals surface area contributed by atoms with Gasteiger partial charge in [-0.25, -0.2) is 13.3 Å². The van der Waals surface area contributed by atoms with Gasteiger partial charge in [-0.2, -0.15) is 4.98 Å². The lowest BCUT2D eigenvalue weighted by Crippen LogP contribution is -2.53. The van der Waals surface area contributed by atoms with Crippen molar-refractivity contribution >= 4 is 17.3 Å². The molecule has 1 aliphatic heterocycles. The van der Waals surface area contributed by atoms with E-state index in [1.54, 1.807) is 35.9 Å². The molecule has 0 spiro atoms. The van der Waals surface area contributed by atoms with Gasteiger partial charge in [0.2, 0.25) is 5.95 Å². The van der Waals surface area contributed by atoms with Crippen molar-refractivity contribution in [3.63, 3.8) is 0 Å². The number of halogens is 2. The van der Waals surface area contributed by atoms with Crippen molar-refractivity contribution in [1.82, 2.24) is 24.5 Å². The van der Waals surface area contributed by atoms with Gasteiger partial charge in [-0.3, -0.25) is 4.98 Å². The van der Waals surface area contributed by atoms with E-state index < -0.39 is 12.0 Å². The van der Waals surface area contributed by atoms with Crippen LogP contribution in [0.15, 0.2) is 36.7 Å². The van der Waals surface area contributed by atoms with E-state index in [0.29, 0.717) is 18.8 Å². The molecule has 4 rings (SSSR count). The Morgan fingerprint density at radius 2 is 2.11 bits per heavy atom. The first-order valence-electron chi connectivity index (χ1n) is 8.79. The predicted octanol–water partition coefficient (Wildman–Crippen LogP) is 2.58. The van der Waals surface area contributed by atoms with Crippen molar-refractivity contribution in [2.45, 2.75) is 18.4 Å². The largest absolute Gasteiger partial charge is 0.371 e. The summed E-state index contributed by atoms with van der Waals surface area (Å²) in [4.78, 5) is 10.4. The zero-order valence-electron chi connectivity index (χ0n) is 15.2. The van der Waals surface area contributed by atoms with Gasteiger partial charge in [0.05, 0.1) is 18.3 Å². The van der Waals surface area contributed by atoms with Crippen molar-refractivity contribution in [2.24, 2.45) is 0 Å². The maximum Gasteiger partial charge on any atom is 0.280 e. The lowest BCUT2D eigenvalue weighted by atomic mass is 10.0. The van der Waals surface area contributed by atoms with Crippen LogP contribution in [0, 0.1) is 0 Å². The highest BCUT2D eigenvalue weighted by atomic mass is 19.3. The van der Waals surface area contributed by atoms with Gasteiger partial charge in [-0.05, 0) is 31.7 Å². The summed E-state index contributed by atoms with van der Waals surface area (Å²) in [6, 6.07) is 6.55. The van der Waals surface area contributed by atoms with Gasteiger partial charge < -0.3 is 15.5 Å². The van der Waals surface area contributed by atoms with Crippen molar-refractivity contribution in [1.29, 1.82) is 0 Å². The van der Waals surface area contributed by atoms with Crippen LogP contribution < -0.4 is 10.6 Å². The number of nitrogens with zero attached hydrogens (tertiary/aromatic N) is 5. The molecule has 0 amide bonds. The number of hydrogen-bond donors (Lipinski definition) is 2. The van der Waals surface area contributed by atoms with Gasteiger partial charge in [0.15, 0.2) is 5.82 Å². The average Bonchev–Trinajstić information content (AvgIpc) is 3.07. The third-order valence-corrected chi connectivity index (χ3v) is 4.78. The quantitative estimate of drug-likeness (QED) is 0.733. The smallest absolute Gasteiger partial charge is 0.280 e. The first-order valence-corrected chi connectivity index (χ1v) is 8.79. The monoisotopic (exact) mass is 373 g/mol. The van der Waals surface area contributed by atoms with E-state index in [9.17, 15) is 8.78 Å². The lowest BCUT2D eigenvalue weighted by Gasteiger charge is -2.36. The first-order chi connectivity index (χ1) is 13.0. The fourth-order valence-corrected chi connectivity index (χ4v) is 3.43. The predicted molar refractivity (Wildman–Crippen MR) is 100 cm³/mol. The number of fused-ring (bicyclic) bond motifs is 1. The molecule has 27 heavy (non-hydrogen) atoms. The molecule has 4 heterocycles. The summed E-state index contributed by atoms with van der Waals surface area (Å²) < 4.78 is 30.3. The molecule has 0 saturated carbocycles. The Kier molecular flexibility index (Phi) is 4.39. The van der Waals surface area contributed by atoms with Crippen LogP contribution in [-0.4, -0.2) is 63.6 Å². The highest BCUT2D eigenvalue weighted by Crippen LogP contribution is 2.31. The summed E-state index contributed by atoms with van der Waals surface area (Å²) in [6.07, 6.45) is 3.82. The van der Waals surface area contributed by atoms with Gasteiger partial charge in [-0.15, -0.1) is 5.10 Å². The summed E-state index contributed by atoms with van der Waals surface area (Å²) in [6.45, 7) is 0.320. The molecule has 3 aromatic heterocycles. The molecule has 1 atom stereocenters. The second kappa shape index (κ2) is 6.73. The zero-order chi connectivity index (χ0) is 19.0.